The summed E-state index contributed by atoms with van der Waals surface area (Å²) in [6.07, 6.45) is 1.12. The van der Waals surface area contributed by atoms with Gasteiger partial charge in [0.05, 0.1) is 15.0 Å². The second kappa shape index (κ2) is 6.06. The molecule has 0 radical (unpaired) electrons. The highest BCUT2D eigenvalue weighted by Crippen LogP contribution is 2.40. The third kappa shape index (κ3) is 3.23. The number of nitrogens with zero attached hydrogens (tertiary/aromatic N) is 1. The molecular formula is C15H10Cl2N2O4. The quantitative estimate of drug-likeness (QED) is 0.647. The number of ether oxygens (including phenoxy) is 1. The number of halogens is 2. The zero-order valence-corrected chi connectivity index (χ0v) is 13.1. The van der Waals surface area contributed by atoms with E-state index in [1.165, 1.54) is 12.1 Å². The van der Waals surface area contributed by atoms with E-state index in [2.05, 4.69) is 5.32 Å². The van der Waals surface area contributed by atoms with Gasteiger partial charge in [-0.15, -0.1) is 0 Å². The van der Waals surface area contributed by atoms with Crippen LogP contribution < -0.4 is 10.1 Å². The second-order valence-corrected chi connectivity index (χ2v) is 5.78. The maximum atomic E-state index is 11.4. The molecule has 1 aliphatic heterocycles. The molecule has 1 aliphatic rings. The zero-order chi connectivity index (χ0) is 16.6. The molecule has 0 aromatic heterocycles. The Bertz CT molecular complexity index is 800. The van der Waals surface area contributed by atoms with Gasteiger partial charge in [0, 0.05) is 30.3 Å². The van der Waals surface area contributed by atoms with Crippen LogP contribution in [0.15, 0.2) is 30.3 Å². The van der Waals surface area contributed by atoms with Crippen molar-refractivity contribution in [1.29, 1.82) is 0 Å². The molecule has 0 fully saturated rings. The van der Waals surface area contributed by atoms with Gasteiger partial charge in [0.15, 0.2) is 5.75 Å². The molecule has 2 aromatic rings. The lowest BCUT2D eigenvalue weighted by atomic mass is 10.0. The Kier molecular flexibility index (Phi) is 4.11. The molecule has 0 aliphatic carbocycles. The van der Waals surface area contributed by atoms with Gasteiger partial charge >= 0.3 is 0 Å². The predicted molar refractivity (Wildman–Crippen MR) is 86.6 cm³/mol. The van der Waals surface area contributed by atoms with Gasteiger partial charge in [-0.2, -0.15) is 0 Å². The molecule has 2 aromatic carbocycles. The number of hydrogen-bond donors (Lipinski definition) is 1. The number of nitrogens with one attached hydrogen (secondary N) is 1. The number of hydrogen-bond acceptors (Lipinski definition) is 4. The number of benzene rings is 2. The standard InChI is InChI=1S/C15H10Cl2N2O4/c16-11-5-9(19(21)22)6-12(17)15(11)23-10-3-1-8-2-4-14(20)18-13(8)7-10/h1,3,5-7H,2,4H2,(H,18,20). The molecular weight excluding hydrogens is 343 g/mol. The third-order valence-corrected chi connectivity index (χ3v) is 3.95. The lowest BCUT2D eigenvalue weighted by Crippen LogP contribution is -2.18. The number of nitro benzene ring substituents is 1. The van der Waals surface area contributed by atoms with Crippen LogP contribution in [-0.4, -0.2) is 10.8 Å². The average Bonchev–Trinajstić information content (AvgIpc) is 2.50. The monoisotopic (exact) mass is 352 g/mol. The van der Waals surface area contributed by atoms with Crippen LogP contribution in [0.25, 0.3) is 0 Å². The van der Waals surface area contributed by atoms with E-state index in [4.69, 9.17) is 27.9 Å². The van der Waals surface area contributed by atoms with Crippen LogP contribution in [0.2, 0.25) is 10.0 Å². The van der Waals surface area contributed by atoms with Gasteiger partial charge in [0.25, 0.3) is 5.69 Å². The number of amides is 1. The average molecular weight is 353 g/mol. The predicted octanol–water partition coefficient (Wildman–Crippen LogP) is 4.58. The second-order valence-electron chi connectivity index (χ2n) is 4.96. The Labute approximate surface area is 141 Å². The van der Waals surface area contributed by atoms with Crippen LogP contribution in [0.5, 0.6) is 11.5 Å². The van der Waals surface area contributed by atoms with Gasteiger partial charge in [-0.1, -0.05) is 29.3 Å². The van der Waals surface area contributed by atoms with Crippen LogP contribution in [0.3, 0.4) is 0 Å². The molecule has 23 heavy (non-hydrogen) atoms. The van der Waals surface area contributed by atoms with Gasteiger partial charge in [0.1, 0.15) is 5.75 Å². The highest BCUT2D eigenvalue weighted by molar-refractivity contribution is 6.37. The maximum Gasteiger partial charge on any atom is 0.272 e. The molecule has 0 unspecified atom stereocenters. The summed E-state index contributed by atoms with van der Waals surface area (Å²) in [5.74, 6) is 0.491. The summed E-state index contributed by atoms with van der Waals surface area (Å²) in [7, 11) is 0. The number of nitro groups is 1. The van der Waals surface area contributed by atoms with Crippen LogP contribution in [0.1, 0.15) is 12.0 Å². The first kappa shape index (κ1) is 15.6. The van der Waals surface area contributed by atoms with Crippen LogP contribution >= 0.6 is 23.2 Å². The number of non-ortho nitro benzene ring substituents is 1. The molecule has 0 bridgehead atoms. The summed E-state index contributed by atoms with van der Waals surface area (Å²) in [6.45, 7) is 0. The molecule has 1 N–H and O–H groups in total. The van der Waals surface area contributed by atoms with E-state index < -0.39 is 4.92 Å². The van der Waals surface area contributed by atoms with E-state index in [0.717, 1.165) is 5.56 Å². The van der Waals surface area contributed by atoms with Crippen molar-refractivity contribution in [3.05, 3.63) is 56.1 Å². The van der Waals surface area contributed by atoms with Crippen molar-refractivity contribution < 1.29 is 14.5 Å². The summed E-state index contributed by atoms with van der Waals surface area (Å²) in [6, 6.07) is 7.58. The number of carbonyl (C=O) groups excluding carboxylic acids is 1. The Morgan fingerprint density at radius 1 is 1.13 bits per heavy atom. The van der Waals surface area contributed by atoms with Crippen LogP contribution in [0, 0.1) is 10.1 Å². The molecule has 3 rings (SSSR count). The van der Waals surface area contributed by atoms with Crippen LogP contribution in [-0.2, 0) is 11.2 Å². The Hall–Kier alpha value is -2.31. The van der Waals surface area contributed by atoms with Gasteiger partial charge in [0.2, 0.25) is 5.91 Å². The SMILES string of the molecule is O=C1CCc2ccc(Oc3c(Cl)cc([N+](=O)[O-])cc3Cl)cc2N1. The minimum Gasteiger partial charge on any atom is -0.454 e. The summed E-state index contributed by atoms with van der Waals surface area (Å²) >= 11 is 12.0. The molecule has 0 spiro atoms. The Morgan fingerprint density at radius 3 is 2.48 bits per heavy atom. The minimum absolute atomic E-state index is 0.0333. The largest absolute Gasteiger partial charge is 0.454 e. The highest BCUT2D eigenvalue weighted by atomic mass is 35.5. The highest BCUT2D eigenvalue weighted by Gasteiger charge is 2.18. The van der Waals surface area contributed by atoms with E-state index in [1.807, 2.05) is 6.07 Å². The maximum absolute atomic E-state index is 11.4. The topological polar surface area (TPSA) is 81.5 Å². The number of carbonyl (C=O) groups is 1. The first-order valence-electron chi connectivity index (χ1n) is 6.68. The van der Waals surface area contributed by atoms with Gasteiger partial charge in [-0.25, -0.2) is 0 Å². The van der Waals surface area contributed by atoms with Crippen molar-refractivity contribution in [2.75, 3.05) is 5.32 Å². The summed E-state index contributed by atoms with van der Waals surface area (Å²) in [5.41, 5.74) is 1.47. The van der Waals surface area contributed by atoms with E-state index in [1.54, 1.807) is 12.1 Å². The lowest BCUT2D eigenvalue weighted by molar-refractivity contribution is -0.384. The zero-order valence-electron chi connectivity index (χ0n) is 11.6. The van der Waals surface area contributed by atoms with Crippen molar-refractivity contribution in [2.45, 2.75) is 12.8 Å². The number of rotatable bonds is 3. The van der Waals surface area contributed by atoms with Gasteiger partial charge < -0.3 is 10.1 Å². The van der Waals surface area contributed by atoms with Crippen molar-refractivity contribution in [2.24, 2.45) is 0 Å². The number of aryl methyl sites for hydroxylation is 1. The fourth-order valence-electron chi connectivity index (χ4n) is 2.28. The first-order valence-corrected chi connectivity index (χ1v) is 7.43. The molecule has 0 saturated carbocycles. The van der Waals surface area contributed by atoms with Crippen molar-refractivity contribution in [3.8, 4) is 11.5 Å². The van der Waals surface area contributed by atoms with Crippen molar-refractivity contribution in [1.82, 2.24) is 0 Å². The number of fused-ring (bicyclic) bond motifs is 1. The summed E-state index contributed by atoms with van der Waals surface area (Å²) in [4.78, 5) is 21.6. The third-order valence-electron chi connectivity index (χ3n) is 3.39. The van der Waals surface area contributed by atoms with E-state index in [0.29, 0.717) is 24.3 Å². The normalized spacial score (nSPS) is 13.2. The summed E-state index contributed by atoms with van der Waals surface area (Å²) in [5, 5.41) is 13.6. The minimum atomic E-state index is -0.587. The van der Waals surface area contributed by atoms with E-state index in [9.17, 15) is 14.9 Å². The van der Waals surface area contributed by atoms with E-state index >= 15 is 0 Å². The molecule has 0 saturated heterocycles. The Balaban J connectivity index is 1.92. The molecule has 1 amide bonds. The van der Waals surface area contributed by atoms with Crippen molar-refractivity contribution >= 4 is 40.5 Å². The fourth-order valence-corrected chi connectivity index (χ4v) is 2.83. The van der Waals surface area contributed by atoms with Gasteiger partial charge in [-0.3, -0.25) is 14.9 Å². The Morgan fingerprint density at radius 2 is 1.83 bits per heavy atom. The molecule has 0 atom stereocenters. The van der Waals surface area contributed by atoms with Crippen molar-refractivity contribution in [3.63, 3.8) is 0 Å². The van der Waals surface area contributed by atoms with Crippen LogP contribution in [0.4, 0.5) is 11.4 Å². The smallest absolute Gasteiger partial charge is 0.272 e. The fraction of sp³-hybridized carbons (Fsp3) is 0.133. The molecule has 8 heteroatoms. The molecule has 6 nitrogen and oxygen atoms in total. The van der Waals surface area contributed by atoms with E-state index in [-0.39, 0.29) is 27.4 Å². The lowest BCUT2D eigenvalue weighted by Gasteiger charge is -2.18. The number of anilines is 1. The first-order chi connectivity index (χ1) is 10.9. The molecule has 1 heterocycles. The summed E-state index contributed by atoms with van der Waals surface area (Å²) < 4.78 is 5.64. The van der Waals surface area contributed by atoms with Gasteiger partial charge in [-0.05, 0) is 18.1 Å². The molecule has 118 valence electrons.